The molecule has 0 aromatic heterocycles. The average Bonchev–Trinajstić information content (AvgIpc) is 3.52. The number of halogens is 2. The van der Waals surface area contributed by atoms with Crippen molar-refractivity contribution in [1.82, 2.24) is 0 Å². The molecule has 0 heterocycles. The van der Waals surface area contributed by atoms with Crippen LogP contribution in [-0.4, -0.2) is 5.92 Å². The zero-order valence-corrected chi connectivity index (χ0v) is 39.8. The number of aryl methyl sites for hydroxylation is 2. The third-order valence-electron chi connectivity index (χ3n) is 14.9. The van der Waals surface area contributed by atoms with Gasteiger partial charge in [0.2, 0.25) is 0 Å². The molecule has 0 saturated heterocycles. The number of hydrogen-bond donors (Lipinski definition) is 0. The molecule has 0 aliphatic heterocycles. The predicted molar refractivity (Wildman–Crippen MR) is 246 cm³/mol. The Morgan fingerprint density at radius 2 is 0.893 bits per heavy atom. The Hall–Kier alpha value is -1.96. The van der Waals surface area contributed by atoms with Gasteiger partial charge in [-0.3, -0.25) is 0 Å². The Balaban J connectivity index is 1.32. The topological polar surface area (TPSA) is 0 Å². The molecule has 4 aromatic rings. The molecule has 4 heteroatoms. The van der Waals surface area contributed by atoms with Gasteiger partial charge in [0.1, 0.15) is 0 Å². The molecule has 8 rings (SSSR count). The summed E-state index contributed by atoms with van der Waals surface area (Å²) in [6.45, 7) is 9.59. The van der Waals surface area contributed by atoms with Crippen molar-refractivity contribution in [3.05, 3.63) is 129 Å². The van der Waals surface area contributed by atoms with E-state index in [4.69, 9.17) is 17.0 Å². The Morgan fingerprint density at radius 3 is 1.23 bits per heavy atom. The van der Waals surface area contributed by atoms with Crippen molar-refractivity contribution in [2.45, 2.75) is 137 Å². The Kier molecular flexibility index (Phi) is 12.6. The molecule has 4 aliphatic rings. The normalized spacial score (nSPS) is 21.4. The van der Waals surface area contributed by atoms with E-state index in [2.05, 4.69) is 124 Å². The molecular weight excluding hydrogens is 815 g/mol. The van der Waals surface area contributed by atoms with Crippen LogP contribution in [0.2, 0.25) is 13.1 Å². The summed E-state index contributed by atoms with van der Waals surface area (Å²) in [5.74, 6) is -0.266. The second kappa shape index (κ2) is 17.3. The van der Waals surface area contributed by atoms with Crippen molar-refractivity contribution < 1.29 is 15.6 Å². The summed E-state index contributed by atoms with van der Waals surface area (Å²) < 4.78 is 0.279. The van der Waals surface area contributed by atoms with Crippen LogP contribution in [0.3, 0.4) is 0 Å². The molecular formula is C52H65Cl2SiZr. The van der Waals surface area contributed by atoms with Crippen LogP contribution in [0.1, 0.15) is 144 Å². The van der Waals surface area contributed by atoms with Crippen molar-refractivity contribution >= 4 is 35.1 Å². The maximum atomic E-state index is 9.12. The number of benzene rings is 4. The van der Waals surface area contributed by atoms with Crippen LogP contribution < -0.4 is 0 Å². The summed E-state index contributed by atoms with van der Waals surface area (Å²) in [4.78, 5) is 0. The molecule has 0 radical (unpaired) electrons. The van der Waals surface area contributed by atoms with E-state index in [1.54, 1.807) is 11.1 Å². The van der Waals surface area contributed by atoms with Crippen molar-refractivity contribution in [1.29, 1.82) is 0 Å². The first-order valence-electron chi connectivity index (χ1n) is 22.6. The minimum absolute atomic E-state index is 0.139. The van der Waals surface area contributed by atoms with E-state index in [0.29, 0.717) is 11.8 Å². The van der Waals surface area contributed by atoms with Crippen LogP contribution >= 0.6 is 17.0 Å². The second-order valence-electron chi connectivity index (χ2n) is 18.5. The van der Waals surface area contributed by atoms with Gasteiger partial charge in [0.05, 0.1) is 0 Å². The molecule has 4 aliphatic carbocycles. The van der Waals surface area contributed by atoms with Gasteiger partial charge in [-0.25, -0.2) is 0 Å². The van der Waals surface area contributed by atoms with Gasteiger partial charge in [-0.2, -0.15) is 0 Å². The van der Waals surface area contributed by atoms with E-state index >= 15 is 0 Å². The Bertz CT molecular complexity index is 1910. The van der Waals surface area contributed by atoms with E-state index in [1.165, 1.54) is 133 Å². The number of fused-ring (bicyclic) bond motifs is 2. The van der Waals surface area contributed by atoms with Crippen LogP contribution in [-0.2, 0) is 28.4 Å². The zero-order valence-electron chi connectivity index (χ0n) is 34.7. The van der Waals surface area contributed by atoms with Gasteiger partial charge < -0.3 is 0 Å². The summed E-state index contributed by atoms with van der Waals surface area (Å²) in [5, 5.41) is 0. The van der Waals surface area contributed by atoms with Crippen LogP contribution in [0, 0.1) is 11.8 Å². The molecule has 0 nitrogen and oxygen atoms in total. The average molecular weight is 880 g/mol. The van der Waals surface area contributed by atoms with Crippen LogP contribution in [0.25, 0.3) is 34.4 Å². The van der Waals surface area contributed by atoms with Crippen LogP contribution in [0.15, 0.2) is 96.1 Å². The van der Waals surface area contributed by atoms with Gasteiger partial charge in [-0.15, -0.1) is 0 Å². The Morgan fingerprint density at radius 1 is 0.518 bits per heavy atom. The number of allylic oxidation sites excluding steroid dienone is 2. The van der Waals surface area contributed by atoms with Gasteiger partial charge >= 0.3 is 351 Å². The van der Waals surface area contributed by atoms with E-state index in [-0.39, 0.29) is 7.25 Å². The summed E-state index contributed by atoms with van der Waals surface area (Å²) in [7, 11) is 18.2. The van der Waals surface area contributed by atoms with E-state index < -0.39 is 21.5 Å². The molecule has 0 spiro atoms. The summed E-state index contributed by atoms with van der Waals surface area (Å²) in [6.07, 6.45) is 25.9. The SMILES string of the molecule is CCc1ccc(-c2cccc3c2C=C(CC2CCCCCC2)[CH]3[Zr]([Cl])([Cl])([CH]2C(CC3CCCCCC3)=Cc3c(-c4ccc(CC)cc4)cccc32)[SiH](C)C)cc1. The molecule has 2 fully saturated rings. The van der Waals surface area contributed by atoms with Crippen molar-refractivity contribution in [2.24, 2.45) is 11.8 Å². The zero-order chi connectivity index (χ0) is 38.9. The summed E-state index contributed by atoms with van der Waals surface area (Å²) in [5.41, 5.74) is 16.9. The fourth-order valence-corrected chi connectivity index (χ4v) is 42.9. The standard InChI is InChI=1S/2C25H29.C2H7Si.2ClH.Zr/c2*1-2-19-12-14-22(15-13-19)24-11-7-10-23-17-21(18-25(23)24)16-20-8-5-3-4-6-9-20;1-3-2;;;/h2*7,10-15,17-18,20H,2-6,8-9,16H2,1H3;3H,1-2H3;2*1H;/q;;;;;+2/p-2. The van der Waals surface area contributed by atoms with Gasteiger partial charge in [-0.05, 0) is 0 Å². The summed E-state index contributed by atoms with van der Waals surface area (Å²) >= 11 is -4.99. The van der Waals surface area contributed by atoms with Gasteiger partial charge in [-0.1, -0.05) is 0 Å². The molecule has 0 N–H and O–H groups in total. The maximum absolute atomic E-state index is 9.12. The molecule has 2 atom stereocenters. The predicted octanol–water partition coefficient (Wildman–Crippen LogP) is 16.4. The molecule has 2 saturated carbocycles. The van der Waals surface area contributed by atoms with Gasteiger partial charge in [0.25, 0.3) is 0 Å². The van der Waals surface area contributed by atoms with Crippen LogP contribution in [0.5, 0.6) is 0 Å². The molecule has 0 bridgehead atoms. The quantitative estimate of drug-likeness (QED) is 0.104. The summed E-state index contributed by atoms with van der Waals surface area (Å²) in [6, 6.07) is 32.9. The van der Waals surface area contributed by atoms with Crippen molar-refractivity contribution in [3.8, 4) is 22.3 Å². The molecule has 56 heavy (non-hydrogen) atoms. The van der Waals surface area contributed by atoms with Gasteiger partial charge in [0.15, 0.2) is 0 Å². The molecule has 2 unspecified atom stereocenters. The first-order chi connectivity index (χ1) is 27.2. The fraction of sp³-hybridized carbons (Fsp3) is 0.462. The van der Waals surface area contributed by atoms with Crippen LogP contribution in [0.4, 0.5) is 0 Å². The third kappa shape index (κ3) is 7.78. The van der Waals surface area contributed by atoms with Crippen molar-refractivity contribution in [2.75, 3.05) is 0 Å². The van der Waals surface area contributed by atoms with Crippen molar-refractivity contribution in [3.63, 3.8) is 0 Å². The second-order valence-corrected chi connectivity index (χ2v) is 61.0. The fourth-order valence-electron chi connectivity index (χ4n) is 11.6. The molecule has 0 amide bonds. The Labute approximate surface area is 348 Å². The van der Waals surface area contributed by atoms with Gasteiger partial charge in [0, 0.05) is 0 Å². The number of hydrogen-bond acceptors (Lipinski definition) is 0. The number of rotatable bonds is 11. The monoisotopic (exact) mass is 877 g/mol. The third-order valence-corrected chi connectivity index (χ3v) is 66.7. The molecule has 4 aromatic carbocycles. The van der Waals surface area contributed by atoms with E-state index in [9.17, 15) is 0 Å². The van der Waals surface area contributed by atoms with E-state index in [0.717, 1.165) is 25.7 Å². The molecule has 295 valence electrons. The first-order valence-corrected chi connectivity index (χ1v) is 38.9. The first kappa shape index (κ1) is 40.8. The minimum atomic E-state index is -4.99. The van der Waals surface area contributed by atoms with E-state index in [1.807, 2.05) is 0 Å².